The van der Waals surface area contributed by atoms with E-state index in [-0.39, 0.29) is 5.56 Å². The number of thiophene rings is 1. The molecule has 1 aliphatic carbocycles. The van der Waals surface area contributed by atoms with Crippen molar-refractivity contribution >= 4 is 38.0 Å². The third-order valence-electron chi connectivity index (χ3n) is 6.68. The van der Waals surface area contributed by atoms with Gasteiger partial charge in [-0.05, 0) is 53.8 Å². The molecule has 0 saturated carbocycles. The number of benzene rings is 3. The van der Waals surface area contributed by atoms with Gasteiger partial charge in [-0.25, -0.2) is 4.98 Å². The van der Waals surface area contributed by atoms with Gasteiger partial charge in [-0.2, -0.15) is 0 Å². The SMILES string of the molecule is Cc1ccc(NC2CCc3c(sc4ncn(Cc5cccc6ccccc56)c(=O)c34)C2)cc1. The average Bonchev–Trinajstić information content (AvgIpc) is 3.21. The molecular weight excluding hydrogens is 426 g/mol. The molecule has 1 aliphatic rings. The highest BCUT2D eigenvalue weighted by Crippen LogP contribution is 2.34. The Bertz CT molecular complexity index is 1530. The smallest absolute Gasteiger partial charge is 0.262 e. The van der Waals surface area contributed by atoms with Crippen molar-refractivity contribution in [3.63, 3.8) is 0 Å². The van der Waals surface area contributed by atoms with Gasteiger partial charge in [-0.1, -0.05) is 60.2 Å². The van der Waals surface area contributed by atoms with Crippen molar-refractivity contribution in [2.45, 2.75) is 38.8 Å². The van der Waals surface area contributed by atoms with Gasteiger partial charge in [-0.3, -0.25) is 9.36 Å². The van der Waals surface area contributed by atoms with Crippen molar-refractivity contribution < 1.29 is 0 Å². The normalized spacial score (nSPS) is 15.6. The second-order valence-electron chi connectivity index (χ2n) is 8.95. The van der Waals surface area contributed by atoms with E-state index in [9.17, 15) is 4.79 Å². The van der Waals surface area contributed by atoms with Crippen molar-refractivity contribution in [1.82, 2.24) is 9.55 Å². The number of hydrogen-bond donors (Lipinski definition) is 1. The fourth-order valence-corrected chi connectivity index (χ4v) is 6.19. The summed E-state index contributed by atoms with van der Waals surface area (Å²) in [4.78, 5) is 20.4. The van der Waals surface area contributed by atoms with Crippen molar-refractivity contribution in [3.8, 4) is 0 Å². The third kappa shape index (κ3) is 3.72. The first-order chi connectivity index (χ1) is 16.2. The lowest BCUT2D eigenvalue weighted by molar-refractivity contribution is 0.621. The molecule has 1 N–H and O–H groups in total. The summed E-state index contributed by atoms with van der Waals surface area (Å²) in [6, 6.07) is 23.5. The van der Waals surface area contributed by atoms with Gasteiger partial charge in [-0.15, -0.1) is 11.3 Å². The van der Waals surface area contributed by atoms with Gasteiger partial charge in [0.15, 0.2) is 0 Å². The number of nitrogens with one attached hydrogen (secondary N) is 1. The van der Waals surface area contributed by atoms with Gasteiger partial charge < -0.3 is 5.32 Å². The van der Waals surface area contributed by atoms with E-state index in [2.05, 4.69) is 66.8 Å². The zero-order chi connectivity index (χ0) is 22.4. The first-order valence-electron chi connectivity index (χ1n) is 11.5. The van der Waals surface area contributed by atoms with Crippen molar-refractivity contribution in [2.24, 2.45) is 0 Å². The van der Waals surface area contributed by atoms with Gasteiger partial charge in [0.25, 0.3) is 5.56 Å². The van der Waals surface area contributed by atoms with Gasteiger partial charge in [0.1, 0.15) is 4.83 Å². The number of anilines is 1. The van der Waals surface area contributed by atoms with Gasteiger partial charge >= 0.3 is 0 Å². The Hall–Kier alpha value is -3.44. The summed E-state index contributed by atoms with van der Waals surface area (Å²) in [6.45, 7) is 2.64. The molecule has 0 saturated heterocycles. The highest BCUT2D eigenvalue weighted by atomic mass is 32.1. The fourth-order valence-electron chi connectivity index (χ4n) is 4.94. The maximum Gasteiger partial charge on any atom is 0.262 e. The molecule has 4 nitrogen and oxygen atoms in total. The number of aryl methyl sites for hydroxylation is 2. The highest BCUT2D eigenvalue weighted by Gasteiger charge is 2.25. The largest absolute Gasteiger partial charge is 0.382 e. The van der Waals surface area contributed by atoms with Crippen LogP contribution in [0.4, 0.5) is 5.69 Å². The quantitative estimate of drug-likeness (QED) is 0.368. The molecule has 0 bridgehead atoms. The van der Waals surface area contributed by atoms with Crippen LogP contribution in [-0.4, -0.2) is 15.6 Å². The Kier molecular flexibility index (Phi) is 4.99. The molecule has 0 spiro atoms. The first kappa shape index (κ1) is 20.2. The zero-order valence-electron chi connectivity index (χ0n) is 18.5. The fraction of sp³-hybridized carbons (Fsp3) is 0.214. The number of rotatable bonds is 4. The van der Waals surface area contributed by atoms with Crippen LogP contribution in [0.5, 0.6) is 0 Å². The summed E-state index contributed by atoms with van der Waals surface area (Å²) >= 11 is 1.68. The molecule has 0 aliphatic heterocycles. The first-order valence-corrected chi connectivity index (χ1v) is 12.3. The minimum atomic E-state index is 0.0791. The van der Waals surface area contributed by atoms with E-state index in [1.54, 1.807) is 22.2 Å². The Morgan fingerprint density at radius 3 is 2.76 bits per heavy atom. The second-order valence-corrected chi connectivity index (χ2v) is 10.0. The van der Waals surface area contributed by atoms with Crippen LogP contribution in [-0.2, 0) is 19.4 Å². The van der Waals surface area contributed by atoms with Crippen molar-refractivity contribution in [1.29, 1.82) is 0 Å². The molecule has 2 aromatic heterocycles. The van der Waals surface area contributed by atoms with E-state index < -0.39 is 0 Å². The topological polar surface area (TPSA) is 46.9 Å². The van der Waals surface area contributed by atoms with E-state index >= 15 is 0 Å². The van der Waals surface area contributed by atoms with E-state index in [1.165, 1.54) is 26.8 Å². The summed E-state index contributed by atoms with van der Waals surface area (Å²) in [6.07, 6.45) is 4.59. The van der Waals surface area contributed by atoms with Crippen molar-refractivity contribution in [3.05, 3.63) is 105 Å². The van der Waals surface area contributed by atoms with E-state index in [4.69, 9.17) is 4.98 Å². The molecule has 5 heteroatoms. The van der Waals surface area contributed by atoms with E-state index in [0.29, 0.717) is 12.6 Å². The summed E-state index contributed by atoms with van der Waals surface area (Å²) in [5.74, 6) is 0. The van der Waals surface area contributed by atoms with Gasteiger partial charge in [0.05, 0.1) is 18.3 Å². The molecule has 1 unspecified atom stereocenters. The highest BCUT2D eigenvalue weighted by molar-refractivity contribution is 7.18. The summed E-state index contributed by atoms with van der Waals surface area (Å²) in [5, 5.41) is 6.87. The van der Waals surface area contributed by atoms with Crippen LogP contribution in [0.25, 0.3) is 21.0 Å². The lowest BCUT2D eigenvalue weighted by Gasteiger charge is -2.24. The van der Waals surface area contributed by atoms with Crippen molar-refractivity contribution in [2.75, 3.05) is 5.32 Å². The van der Waals surface area contributed by atoms with Crippen LogP contribution in [0.3, 0.4) is 0 Å². The minimum Gasteiger partial charge on any atom is -0.382 e. The molecule has 0 radical (unpaired) electrons. The van der Waals surface area contributed by atoms with E-state index in [1.807, 2.05) is 12.1 Å². The molecule has 164 valence electrons. The molecule has 2 heterocycles. The monoisotopic (exact) mass is 451 g/mol. The lowest BCUT2D eigenvalue weighted by atomic mass is 9.93. The van der Waals surface area contributed by atoms with Crippen LogP contribution in [0.2, 0.25) is 0 Å². The maximum absolute atomic E-state index is 13.5. The van der Waals surface area contributed by atoms with Crippen LogP contribution < -0.4 is 10.9 Å². The van der Waals surface area contributed by atoms with Gasteiger partial charge in [0.2, 0.25) is 0 Å². The summed E-state index contributed by atoms with van der Waals surface area (Å²) in [5.41, 5.74) is 4.85. The summed E-state index contributed by atoms with van der Waals surface area (Å²) < 4.78 is 1.77. The molecule has 1 atom stereocenters. The Morgan fingerprint density at radius 2 is 1.88 bits per heavy atom. The van der Waals surface area contributed by atoms with Gasteiger partial charge in [0, 0.05) is 23.0 Å². The molecule has 0 fully saturated rings. The second kappa shape index (κ2) is 8.16. The third-order valence-corrected chi connectivity index (χ3v) is 7.84. The predicted molar refractivity (Wildman–Crippen MR) is 138 cm³/mol. The Labute approximate surface area is 196 Å². The zero-order valence-corrected chi connectivity index (χ0v) is 19.4. The lowest BCUT2D eigenvalue weighted by Crippen LogP contribution is -2.27. The minimum absolute atomic E-state index is 0.0791. The summed E-state index contributed by atoms with van der Waals surface area (Å²) in [7, 11) is 0. The molecule has 0 amide bonds. The van der Waals surface area contributed by atoms with Crippen LogP contribution >= 0.6 is 11.3 Å². The van der Waals surface area contributed by atoms with Crippen LogP contribution in [0.1, 0.15) is 28.0 Å². The number of hydrogen-bond acceptors (Lipinski definition) is 4. The number of aromatic nitrogens is 2. The Morgan fingerprint density at radius 1 is 1.06 bits per heavy atom. The van der Waals surface area contributed by atoms with E-state index in [0.717, 1.165) is 40.7 Å². The molecule has 6 rings (SSSR count). The number of nitrogens with zero attached hydrogens (tertiary/aromatic N) is 2. The maximum atomic E-state index is 13.5. The van der Waals surface area contributed by atoms with Crippen LogP contribution in [0.15, 0.2) is 77.9 Å². The Balaban J connectivity index is 1.31. The molecule has 33 heavy (non-hydrogen) atoms. The standard InChI is InChI=1S/C28H25N3OS/c1-18-9-11-21(12-10-18)30-22-13-14-24-25(15-22)33-27-26(24)28(32)31(17-29-27)16-20-7-4-6-19-5-2-3-8-23(19)20/h2-12,17,22,30H,13-16H2,1H3. The predicted octanol–water partition coefficient (Wildman–Crippen LogP) is 5.94. The molecule has 5 aromatic rings. The molecule has 3 aromatic carbocycles. The number of fused-ring (bicyclic) bond motifs is 4. The van der Waals surface area contributed by atoms with Crippen LogP contribution in [0, 0.1) is 6.92 Å². The average molecular weight is 452 g/mol. The molecular formula is C28H25N3OS.